The van der Waals surface area contributed by atoms with Crippen molar-refractivity contribution in [1.29, 1.82) is 0 Å². The second-order valence-electron chi connectivity index (χ2n) is 5.98. The van der Waals surface area contributed by atoms with Gasteiger partial charge < -0.3 is 10.2 Å². The summed E-state index contributed by atoms with van der Waals surface area (Å²) in [4.78, 5) is 7.10. The molecule has 1 aliphatic carbocycles. The predicted octanol–water partition coefficient (Wildman–Crippen LogP) is 2.96. The van der Waals surface area contributed by atoms with E-state index in [1.165, 1.54) is 50.8 Å². The van der Waals surface area contributed by atoms with Gasteiger partial charge in [-0.05, 0) is 50.8 Å². The lowest BCUT2D eigenvalue weighted by Gasteiger charge is -2.45. The summed E-state index contributed by atoms with van der Waals surface area (Å²) in [6, 6.07) is 5.25. The smallest absolute Gasteiger partial charge is 0.0562 e. The topological polar surface area (TPSA) is 28.2 Å². The molecule has 0 bridgehead atoms. The van der Waals surface area contributed by atoms with Crippen LogP contribution in [0.2, 0.25) is 0 Å². The first-order chi connectivity index (χ1) is 9.38. The van der Waals surface area contributed by atoms with Crippen molar-refractivity contribution in [3.05, 3.63) is 24.0 Å². The minimum absolute atomic E-state index is 0.785. The van der Waals surface area contributed by atoms with Crippen LogP contribution in [0.4, 0.5) is 5.69 Å². The minimum Gasteiger partial charge on any atom is -0.368 e. The molecule has 0 radical (unpaired) electrons. The van der Waals surface area contributed by atoms with Crippen molar-refractivity contribution < 1.29 is 0 Å². The summed E-state index contributed by atoms with van der Waals surface area (Å²) in [6.07, 6.45) is 10.4. The van der Waals surface area contributed by atoms with Crippen LogP contribution < -0.4 is 10.2 Å². The first kappa shape index (κ1) is 12.9. The Morgan fingerprint density at radius 1 is 1.26 bits per heavy atom. The van der Waals surface area contributed by atoms with Gasteiger partial charge in [-0.25, -0.2) is 0 Å². The van der Waals surface area contributed by atoms with Crippen molar-refractivity contribution in [2.45, 2.75) is 51.1 Å². The molecular formula is C16H25N3. The molecule has 1 aliphatic heterocycles. The summed E-state index contributed by atoms with van der Waals surface area (Å²) in [5, 5.41) is 3.19. The zero-order chi connectivity index (χ0) is 13.1. The molecule has 104 valence electrons. The van der Waals surface area contributed by atoms with Gasteiger partial charge in [-0.1, -0.05) is 12.8 Å². The molecule has 3 rings (SSSR count). The number of fused-ring (bicyclic) bond motifs is 1. The average molecular weight is 259 g/mol. The number of aromatic nitrogens is 1. The quantitative estimate of drug-likeness (QED) is 0.904. The average Bonchev–Trinajstić information content (AvgIpc) is 2.47. The number of nitrogens with zero attached hydrogens (tertiary/aromatic N) is 2. The molecule has 1 saturated carbocycles. The van der Waals surface area contributed by atoms with Gasteiger partial charge in [-0.2, -0.15) is 0 Å². The fraction of sp³-hybridized carbons (Fsp3) is 0.688. The third-order valence-corrected chi connectivity index (χ3v) is 4.73. The monoisotopic (exact) mass is 259 g/mol. The zero-order valence-electron chi connectivity index (χ0n) is 11.9. The lowest BCUT2D eigenvalue weighted by Crippen LogP contribution is -2.47. The Kier molecular flexibility index (Phi) is 4.02. The van der Waals surface area contributed by atoms with Crippen molar-refractivity contribution in [3.8, 4) is 0 Å². The van der Waals surface area contributed by atoms with Crippen molar-refractivity contribution in [2.24, 2.45) is 5.92 Å². The molecule has 2 atom stereocenters. The number of piperidine rings is 1. The van der Waals surface area contributed by atoms with Gasteiger partial charge in [0.05, 0.1) is 5.69 Å². The third-order valence-electron chi connectivity index (χ3n) is 4.73. The summed E-state index contributed by atoms with van der Waals surface area (Å²) < 4.78 is 0. The van der Waals surface area contributed by atoms with Gasteiger partial charge >= 0.3 is 0 Å². The summed E-state index contributed by atoms with van der Waals surface area (Å²) in [6.45, 7) is 2.08. The largest absolute Gasteiger partial charge is 0.368 e. The van der Waals surface area contributed by atoms with E-state index in [9.17, 15) is 0 Å². The van der Waals surface area contributed by atoms with Crippen molar-refractivity contribution in [3.63, 3.8) is 0 Å². The maximum absolute atomic E-state index is 4.44. The summed E-state index contributed by atoms with van der Waals surface area (Å²) in [7, 11) is 1.98. The molecule has 1 saturated heterocycles. The van der Waals surface area contributed by atoms with Gasteiger partial charge in [0.1, 0.15) is 0 Å². The molecular weight excluding hydrogens is 234 g/mol. The van der Waals surface area contributed by atoms with Crippen LogP contribution in [0.25, 0.3) is 0 Å². The highest BCUT2D eigenvalue weighted by molar-refractivity contribution is 5.48. The normalized spacial score (nSPS) is 27.1. The van der Waals surface area contributed by atoms with Gasteiger partial charge in [0.25, 0.3) is 0 Å². The summed E-state index contributed by atoms with van der Waals surface area (Å²) in [5.41, 5.74) is 2.54. The SMILES string of the molecule is CNCc1cc(N2CCC[C@H]3CCCC[C@H]32)ccn1. The van der Waals surface area contributed by atoms with Crippen LogP contribution in [-0.2, 0) is 6.54 Å². The Labute approximate surface area is 116 Å². The van der Waals surface area contributed by atoms with Gasteiger partial charge in [-0.3, -0.25) is 4.98 Å². The minimum atomic E-state index is 0.785. The van der Waals surface area contributed by atoms with E-state index in [4.69, 9.17) is 0 Å². The van der Waals surface area contributed by atoms with E-state index in [0.29, 0.717) is 0 Å². The molecule has 3 nitrogen and oxygen atoms in total. The van der Waals surface area contributed by atoms with E-state index in [1.54, 1.807) is 0 Å². The molecule has 0 amide bonds. The van der Waals surface area contributed by atoms with Gasteiger partial charge in [0, 0.05) is 31.0 Å². The number of hydrogen-bond donors (Lipinski definition) is 1. The molecule has 2 fully saturated rings. The van der Waals surface area contributed by atoms with E-state index in [0.717, 1.165) is 24.2 Å². The molecule has 19 heavy (non-hydrogen) atoms. The van der Waals surface area contributed by atoms with Crippen LogP contribution >= 0.6 is 0 Å². The predicted molar refractivity (Wildman–Crippen MR) is 79.3 cm³/mol. The Morgan fingerprint density at radius 2 is 2.11 bits per heavy atom. The standard InChI is InChI=1S/C16H25N3/c1-17-12-14-11-15(8-9-18-14)19-10-4-6-13-5-2-3-7-16(13)19/h8-9,11,13,16-17H,2-7,10,12H2,1H3/t13-,16-/m1/s1. The summed E-state index contributed by atoms with van der Waals surface area (Å²) in [5.74, 6) is 0.934. The van der Waals surface area contributed by atoms with Crippen LogP contribution in [0.3, 0.4) is 0 Å². The second kappa shape index (κ2) is 5.91. The van der Waals surface area contributed by atoms with E-state index in [1.807, 2.05) is 13.2 Å². The first-order valence-electron chi connectivity index (χ1n) is 7.74. The fourth-order valence-corrected chi connectivity index (χ4v) is 3.87. The van der Waals surface area contributed by atoms with Crippen LogP contribution in [0.5, 0.6) is 0 Å². The maximum Gasteiger partial charge on any atom is 0.0562 e. The molecule has 0 aromatic carbocycles. The van der Waals surface area contributed by atoms with Crippen molar-refractivity contribution in [2.75, 3.05) is 18.5 Å². The molecule has 0 unspecified atom stereocenters. The maximum atomic E-state index is 4.44. The lowest BCUT2D eigenvalue weighted by molar-refractivity contribution is 0.244. The Morgan fingerprint density at radius 3 is 3.00 bits per heavy atom. The lowest BCUT2D eigenvalue weighted by atomic mass is 9.78. The zero-order valence-corrected chi connectivity index (χ0v) is 11.9. The number of nitrogens with one attached hydrogen (secondary N) is 1. The van der Waals surface area contributed by atoms with E-state index < -0.39 is 0 Å². The number of rotatable bonds is 3. The highest BCUT2D eigenvalue weighted by Gasteiger charge is 2.33. The van der Waals surface area contributed by atoms with Gasteiger partial charge in [0.15, 0.2) is 0 Å². The third kappa shape index (κ3) is 2.76. The van der Waals surface area contributed by atoms with E-state index in [-0.39, 0.29) is 0 Å². The summed E-state index contributed by atoms with van der Waals surface area (Å²) >= 11 is 0. The van der Waals surface area contributed by atoms with Gasteiger partial charge in [0.2, 0.25) is 0 Å². The fourth-order valence-electron chi connectivity index (χ4n) is 3.87. The first-order valence-corrected chi connectivity index (χ1v) is 7.74. The van der Waals surface area contributed by atoms with Crippen LogP contribution in [0.1, 0.15) is 44.2 Å². The van der Waals surface area contributed by atoms with Gasteiger partial charge in [-0.15, -0.1) is 0 Å². The van der Waals surface area contributed by atoms with E-state index in [2.05, 4.69) is 27.3 Å². The Hall–Kier alpha value is -1.09. The number of anilines is 1. The number of pyridine rings is 1. The molecule has 1 N–H and O–H groups in total. The molecule has 2 heterocycles. The highest BCUT2D eigenvalue weighted by Crippen LogP contribution is 2.37. The number of hydrogen-bond acceptors (Lipinski definition) is 3. The molecule has 3 heteroatoms. The highest BCUT2D eigenvalue weighted by atomic mass is 15.2. The molecule has 1 aromatic rings. The van der Waals surface area contributed by atoms with Crippen LogP contribution in [-0.4, -0.2) is 24.6 Å². The van der Waals surface area contributed by atoms with E-state index >= 15 is 0 Å². The van der Waals surface area contributed by atoms with Crippen LogP contribution in [0, 0.1) is 5.92 Å². The molecule has 1 aromatic heterocycles. The molecule has 0 spiro atoms. The van der Waals surface area contributed by atoms with Crippen LogP contribution in [0.15, 0.2) is 18.3 Å². The second-order valence-corrected chi connectivity index (χ2v) is 5.98. The Bertz CT molecular complexity index is 416. The van der Waals surface area contributed by atoms with Crippen molar-refractivity contribution >= 4 is 5.69 Å². The Balaban J connectivity index is 1.81. The van der Waals surface area contributed by atoms with Crippen molar-refractivity contribution in [1.82, 2.24) is 10.3 Å². The molecule has 2 aliphatic rings.